The summed E-state index contributed by atoms with van der Waals surface area (Å²) >= 11 is 0. The third-order valence-electron chi connectivity index (χ3n) is 5.36. The van der Waals surface area contributed by atoms with Crippen molar-refractivity contribution in [3.8, 4) is 22.8 Å². The van der Waals surface area contributed by atoms with E-state index in [4.69, 9.17) is 10.5 Å². The minimum absolute atomic E-state index is 0.202. The minimum atomic E-state index is -2.96. The van der Waals surface area contributed by atoms with E-state index >= 15 is 0 Å². The van der Waals surface area contributed by atoms with E-state index in [0.717, 1.165) is 5.75 Å². The molecule has 0 bridgehead atoms. The molecule has 4 aromatic rings. The Morgan fingerprint density at radius 3 is 2.52 bits per heavy atom. The number of hydrogen-bond donors (Lipinski definition) is 2. The molecule has 5 rings (SSSR count). The van der Waals surface area contributed by atoms with E-state index < -0.39 is 18.5 Å². The first kappa shape index (κ1) is 19.4. The van der Waals surface area contributed by atoms with Crippen LogP contribution in [0.5, 0.6) is 11.5 Å². The summed E-state index contributed by atoms with van der Waals surface area (Å²) in [6, 6.07) is 15.5. The van der Waals surface area contributed by atoms with Gasteiger partial charge in [0.05, 0.1) is 11.9 Å². The number of rotatable bonds is 4. The van der Waals surface area contributed by atoms with E-state index in [1.54, 1.807) is 12.1 Å². The zero-order valence-electron chi connectivity index (χ0n) is 16.5. The van der Waals surface area contributed by atoms with Gasteiger partial charge in [-0.2, -0.15) is 5.10 Å². The van der Waals surface area contributed by atoms with Crippen LogP contribution in [-0.2, 0) is 0 Å². The maximum Gasteiger partial charge on any atom is 0.282 e. The Kier molecular flexibility index (Phi) is 4.74. The van der Waals surface area contributed by atoms with Crippen molar-refractivity contribution in [1.29, 1.82) is 0 Å². The average molecular weight is 422 g/mol. The summed E-state index contributed by atoms with van der Waals surface area (Å²) in [5, 5.41) is 7.74. The molecule has 7 nitrogen and oxygen atoms in total. The standard InChI is InChI=1S/C22H20F2N6O/c23-22(24)12-26-11-10-17(22)30-21-18(20(25)27-13-28-21)19(29-30)14-6-8-16(9-7-14)31-15-4-2-1-3-5-15/h1-9,13,17,26H,10-12H2,(H2,25,27,28). The summed E-state index contributed by atoms with van der Waals surface area (Å²) < 4.78 is 36.4. The summed E-state index contributed by atoms with van der Waals surface area (Å²) in [6.45, 7) is 0.0729. The number of nitrogen functional groups attached to an aromatic ring is 1. The van der Waals surface area contributed by atoms with Crippen molar-refractivity contribution in [2.75, 3.05) is 18.8 Å². The van der Waals surface area contributed by atoms with Crippen LogP contribution in [0.25, 0.3) is 22.3 Å². The van der Waals surface area contributed by atoms with Crippen molar-refractivity contribution in [3.63, 3.8) is 0 Å². The summed E-state index contributed by atoms with van der Waals surface area (Å²) in [4.78, 5) is 8.28. The second kappa shape index (κ2) is 7.59. The number of ether oxygens (including phenoxy) is 1. The van der Waals surface area contributed by atoms with Gasteiger partial charge in [-0.15, -0.1) is 0 Å². The van der Waals surface area contributed by atoms with Gasteiger partial charge in [-0.3, -0.25) is 0 Å². The van der Waals surface area contributed by atoms with Crippen LogP contribution in [0, 0.1) is 0 Å². The van der Waals surface area contributed by atoms with Gasteiger partial charge in [0.15, 0.2) is 5.65 Å². The molecule has 0 amide bonds. The Hall–Kier alpha value is -3.59. The molecule has 1 atom stereocenters. The van der Waals surface area contributed by atoms with Gasteiger partial charge in [0.2, 0.25) is 0 Å². The largest absolute Gasteiger partial charge is 0.457 e. The Labute approximate surface area is 176 Å². The van der Waals surface area contributed by atoms with Crippen LogP contribution in [0.15, 0.2) is 60.9 Å². The quantitative estimate of drug-likeness (QED) is 0.516. The first-order valence-corrected chi connectivity index (χ1v) is 9.93. The number of aromatic nitrogens is 4. The number of nitrogens with zero attached hydrogens (tertiary/aromatic N) is 4. The van der Waals surface area contributed by atoms with E-state index in [2.05, 4.69) is 20.4 Å². The summed E-state index contributed by atoms with van der Waals surface area (Å²) in [5.74, 6) is -1.39. The van der Waals surface area contributed by atoms with Crippen molar-refractivity contribution in [3.05, 3.63) is 60.9 Å². The smallest absolute Gasteiger partial charge is 0.282 e. The number of alkyl halides is 2. The number of fused-ring (bicyclic) bond motifs is 1. The molecule has 3 heterocycles. The summed E-state index contributed by atoms with van der Waals surface area (Å²) in [6.07, 6.45) is 1.51. The lowest BCUT2D eigenvalue weighted by Crippen LogP contribution is -2.47. The van der Waals surface area contributed by atoms with Crippen molar-refractivity contribution in [2.24, 2.45) is 0 Å². The molecule has 1 aliphatic heterocycles. The molecule has 0 spiro atoms. The van der Waals surface area contributed by atoms with Crippen molar-refractivity contribution >= 4 is 16.9 Å². The van der Waals surface area contributed by atoms with Crippen LogP contribution in [-0.4, -0.2) is 38.8 Å². The van der Waals surface area contributed by atoms with E-state index in [1.807, 2.05) is 42.5 Å². The third kappa shape index (κ3) is 3.57. The molecule has 9 heteroatoms. The lowest BCUT2D eigenvalue weighted by Gasteiger charge is -2.32. The molecule has 3 N–H and O–H groups in total. The molecule has 2 aromatic carbocycles. The zero-order chi connectivity index (χ0) is 21.4. The maximum atomic E-state index is 14.6. The molecule has 1 saturated heterocycles. The maximum absolute atomic E-state index is 14.6. The monoisotopic (exact) mass is 422 g/mol. The molecule has 31 heavy (non-hydrogen) atoms. The van der Waals surface area contributed by atoms with E-state index in [9.17, 15) is 8.78 Å². The van der Waals surface area contributed by atoms with Gasteiger partial charge in [-0.25, -0.2) is 23.4 Å². The van der Waals surface area contributed by atoms with Crippen LogP contribution in [0.3, 0.4) is 0 Å². The first-order valence-electron chi connectivity index (χ1n) is 9.93. The van der Waals surface area contributed by atoms with Gasteiger partial charge >= 0.3 is 0 Å². The normalized spacial score (nSPS) is 18.2. The fourth-order valence-electron chi connectivity index (χ4n) is 3.84. The lowest BCUT2D eigenvalue weighted by molar-refractivity contribution is -0.0683. The van der Waals surface area contributed by atoms with Crippen LogP contribution in [0.1, 0.15) is 12.5 Å². The second-order valence-electron chi connectivity index (χ2n) is 7.43. The highest BCUT2D eigenvalue weighted by Gasteiger charge is 2.44. The molecule has 1 aliphatic rings. The van der Waals surface area contributed by atoms with Crippen molar-refractivity contribution in [1.82, 2.24) is 25.1 Å². The predicted molar refractivity (Wildman–Crippen MR) is 113 cm³/mol. The van der Waals surface area contributed by atoms with E-state index in [-0.39, 0.29) is 12.2 Å². The number of para-hydroxylation sites is 1. The Morgan fingerprint density at radius 1 is 1.03 bits per heavy atom. The Morgan fingerprint density at radius 2 is 1.77 bits per heavy atom. The average Bonchev–Trinajstić information content (AvgIpc) is 3.15. The molecule has 0 radical (unpaired) electrons. The molecular formula is C22H20F2N6O. The lowest BCUT2D eigenvalue weighted by atomic mass is 10.0. The Balaban J connectivity index is 1.56. The molecule has 0 saturated carbocycles. The fourth-order valence-corrected chi connectivity index (χ4v) is 3.84. The van der Waals surface area contributed by atoms with Gasteiger partial charge in [-0.05, 0) is 49.4 Å². The number of halogens is 2. The van der Waals surface area contributed by atoms with Gasteiger partial charge < -0.3 is 15.8 Å². The highest BCUT2D eigenvalue weighted by atomic mass is 19.3. The van der Waals surface area contributed by atoms with Gasteiger partial charge in [0, 0.05) is 5.56 Å². The summed E-state index contributed by atoms with van der Waals surface area (Å²) in [7, 11) is 0. The highest BCUT2D eigenvalue weighted by molar-refractivity contribution is 5.98. The molecule has 158 valence electrons. The number of benzene rings is 2. The van der Waals surface area contributed by atoms with E-state index in [1.165, 1.54) is 11.0 Å². The minimum Gasteiger partial charge on any atom is -0.457 e. The topological polar surface area (TPSA) is 90.9 Å². The Bertz CT molecular complexity index is 1210. The zero-order valence-corrected chi connectivity index (χ0v) is 16.5. The molecular weight excluding hydrogens is 402 g/mol. The predicted octanol–water partition coefficient (Wildman–Crippen LogP) is 4.04. The van der Waals surface area contributed by atoms with Crippen LogP contribution in [0.2, 0.25) is 0 Å². The number of hydrogen-bond acceptors (Lipinski definition) is 6. The van der Waals surface area contributed by atoms with Gasteiger partial charge in [0.25, 0.3) is 5.92 Å². The molecule has 2 aromatic heterocycles. The van der Waals surface area contributed by atoms with Crippen molar-refractivity contribution < 1.29 is 13.5 Å². The molecule has 1 unspecified atom stereocenters. The number of nitrogens with two attached hydrogens (primary N) is 1. The molecule has 0 aliphatic carbocycles. The summed E-state index contributed by atoms with van der Waals surface area (Å²) in [5.41, 5.74) is 7.59. The molecule has 1 fully saturated rings. The van der Waals surface area contributed by atoms with Gasteiger partial charge in [-0.1, -0.05) is 18.2 Å². The van der Waals surface area contributed by atoms with E-state index in [0.29, 0.717) is 34.6 Å². The fraction of sp³-hybridized carbons (Fsp3) is 0.227. The van der Waals surface area contributed by atoms with Crippen LogP contribution in [0.4, 0.5) is 14.6 Å². The van der Waals surface area contributed by atoms with Crippen LogP contribution >= 0.6 is 0 Å². The van der Waals surface area contributed by atoms with Crippen LogP contribution < -0.4 is 15.8 Å². The van der Waals surface area contributed by atoms with Crippen molar-refractivity contribution in [2.45, 2.75) is 18.4 Å². The van der Waals surface area contributed by atoms with Gasteiger partial charge in [0.1, 0.15) is 35.4 Å². The highest BCUT2D eigenvalue weighted by Crippen LogP contribution is 2.39. The third-order valence-corrected chi connectivity index (χ3v) is 5.36. The number of piperidine rings is 1. The number of anilines is 1. The first-order chi connectivity index (χ1) is 15.0. The second-order valence-corrected chi connectivity index (χ2v) is 7.43. The SMILES string of the molecule is Nc1ncnc2c1c(-c1ccc(Oc3ccccc3)cc1)nn2C1CCNCC1(F)F. The number of nitrogens with one attached hydrogen (secondary N) is 1.